The van der Waals surface area contributed by atoms with E-state index < -0.39 is 11.6 Å². The molecule has 1 aromatic carbocycles. The van der Waals surface area contributed by atoms with Crippen molar-refractivity contribution in [2.75, 3.05) is 6.54 Å². The molecule has 1 aliphatic rings. The molecule has 0 amide bonds. The van der Waals surface area contributed by atoms with E-state index in [0.29, 0.717) is 5.69 Å². The number of aromatic amines is 1. The van der Waals surface area contributed by atoms with Crippen molar-refractivity contribution in [2.45, 2.75) is 18.9 Å². The average Bonchev–Trinajstić information content (AvgIpc) is 2.99. The Morgan fingerprint density at radius 1 is 1.32 bits per heavy atom. The van der Waals surface area contributed by atoms with Gasteiger partial charge in [-0.3, -0.25) is 5.10 Å². The zero-order chi connectivity index (χ0) is 13.4. The standard InChI is InChI=1S/C13H12BrF2N3/c14-11-12(8-4-3-7(15)6-9(8)16)18-19-13(11)10-2-1-5-17-10/h3-4,6,10,17H,1-2,5H2,(H,18,19). The molecule has 1 saturated heterocycles. The fourth-order valence-electron chi connectivity index (χ4n) is 2.36. The van der Waals surface area contributed by atoms with Crippen molar-refractivity contribution < 1.29 is 8.78 Å². The number of nitrogens with one attached hydrogen (secondary N) is 2. The van der Waals surface area contributed by atoms with E-state index >= 15 is 0 Å². The van der Waals surface area contributed by atoms with Crippen molar-refractivity contribution in [3.05, 3.63) is 40.0 Å². The van der Waals surface area contributed by atoms with E-state index in [1.807, 2.05) is 0 Å². The van der Waals surface area contributed by atoms with Crippen molar-refractivity contribution >= 4 is 15.9 Å². The van der Waals surface area contributed by atoms with Crippen LogP contribution in [-0.2, 0) is 0 Å². The molecule has 1 aliphatic heterocycles. The van der Waals surface area contributed by atoms with Gasteiger partial charge in [0, 0.05) is 11.6 Å². The highest BCUT2D eigenvalue weighted by Gasteiger charge is 2.24. The lowest BCUT2D eigenvalue weighted by molar-refractivity contribution is 0.585. The van der Waals surface area contributed by atoms with E-state index in [1.165, 1.54) is 12.1 Å². The Kier molecular flexibility index (Phi) is 3.36. The molecule has 0 radical (unpaired) electrons. The van der Waals surface area contributed by atoms with Crippen LogP contribution in [0.4, 0.5) is 8.78 Å². The predicted molar refractivity (Wildman–Crippen MR) is 71.6 cm³/mol. The number of hydrogen-bond donors (Lipinski definition) is 2. The van der Waals surface area contributed by atoms with Crippen LogP contribution in [-0.4, -0.2) is 16.7 Å². The third-order valence-corrected chi connectivity index (χ3v) is 4.13. The van der Waals surface area contributed by atoms with Crippen LogP contribution in [0.15, 0.2) is 22.7 Å². The molecule has 0 spiro atoms. The maximum Gasteiger partial charge on any atom is 0.135 e. The van der Waals surface area contributed by atoms with Crippen LogP contribution in [0, 0.1) is 11.6 Å². The van der Waals surface area contributed by atoms with Crippen LogP contribution in [0.3, 0.4) is 0 Å². The number of hydrogen-bond acceptors (Lipinski definition) is 2. The van der Waals surface area contributed by atoms with Crippen LogP contribution in [0.2, 0.25) is 0 Å². The number of aromatic nitrogens is 2. The van der Waals surface area contributed by atoms with Gasteiger partial charge in [0.25, 0.3) is 0 Å². The number of nitrogens with zero attached hydrogens (tertiary/aromatic N) is 1. The lowest BCUT2D eigenvalue weighted by Crippen LogP contribution is -2.13. The van der Waals surface area contributed by atoms with Gasteiger partial charge < -0.3 is 5.32 Å². The van der Waals surface area contributed by atoms with Crippen molar-refractivity contribution in [1.29, 1.82) is 0 Å². The van der Waals surface area contributed by atoms with Gasteiger partial charge in [-0.25, -0.2) is 8.78 Å². The fraction of sp³-hybridized carbons (Fsp3) is 0.308. The molecule has 100 valence electrons. The summed E-state index contributed by atoms with van der Waals surface area (Å²) in [6, 6.07) is 3.70. The molecule has 2 heterocycles. The van der Waals surface area contributed by atoms with E-state index in [1.54, 1.807) is 0 Å². The van der Waals surface area contributed by atoms with Crippen molar-refractivity contribution in [1.82, 2.24) is 15.5 Å². The first-order chi connectivity index (χ1) is 9.16. The number of benzene rings is 1. The topological polar surface area (TPSA) is 40.7 Å². The first-order valence-corrected chi connectivity index (χ1v) is 6.88. The second-order valence-electron chi connectivity index (χ2n) is 4.57. The molecule has 6 heteroatoms. The average molecular weight is 328 g/mol. The summed E-state index contributed by atoms with van der Waals surface area (Å²) in [6.07, 6.45) is 2.13. The Labute approximate surface area is 117 Å². The summed E-state index contributed by atoms with van der Waals surface area (Å²) in [5, 5.41) is 10.4. The number of halogens is 3. The Balaban J connectivity index is 2.01. The van der Waals surface area contributed by atoms with Crippen LogP contribution in [0.25, 0.3) is 11.3 Å². The molecule has 2 aromatic rings. The lowest BCUT2D eigenvalue weighted by Gasteiger charge is -2.08. The largest absolute Gasteiger partial charge is 0.309 e. The van der Waals surface area contributed by atoms with Gasteiger partial charge >= 0.3 is 0 Å². The minimum Gasteiger partial charge on any atom is -0.309 e. The zero-order valence-electron chi connectivity index (χ0n) is 10.0. The summed E-state index contributed by atoms with van der Waals surface area (Å²) < 4.78 is 27.4. The van der Waals surface area contributed by atoms with E-state index in [4.69, 9.17) is 0 Å². The number of rotatable bonds is 2. The molecule has 1 atom stereocenters. The molecule has 3 nitrogen and oxygen atoms in total. The third kappa shape index (κ3) is 2.30. The molecule has 0 bridgehead atoms. The second-order valence-corrected chi connectivity index (χ2v) is 5.37. The smallest absolute Gasteiger partial charge is 0.135 e. The second kappa shape index (κ2) is 5.02. The van der Waals surface area contributed by atoms with Gasteiger partial charge in [-0.1, -0.05) is 0 Å². The zero-order valence-corrected chi connectivity index (χ0v) is 11.6. The molecular weight excluding hydrogens is 316 g/mol. The van der Waals surface area contributed by atoms with Crippen molar-refractivity contribution in [2.24, 2.45) is 0 Å². The lowest BCUT2D eigenvalue weighted by atomic mass is 10.1. The van der Waals surface area contributed by atoms with Crippen LogP contribution >= 0.6 is 15.9 Å². The van der Waals surface area contributed by atoms with Gasteiger partial charge in [-0.2, -0.15) is 5.10 Å². The molecule has 3 rings (SSSR count). The molecule has 19 heavy (non-hydrogen) atoms. The van der Waals surface area contributed by atoms with Crippen LogP contribution in [0.5, 0.6) is 0 Å². The van der Waals surface area contributed by atoms with Gasteiger partial charge in [-0.15, -0.1) is 0 Å². The molecule has 1 aromatic heterocycles. The summed E-state index contributed by atoms with van der Waals surface area (Å²) in [5.41, 5.74) is 1.67. The van der Waals surface area contributed by atoms with E-state index in [2.05, 4.69) is 31.4 Å². The maximum atomic E-state index is 13.8. The van der Waals surface area contributed by atoms with Crippen LogP contribution < -0.4 is 5.32 Å². The Bertz CT molecular complexity index is 606. The van der Waals surface area contributed by atoms with E-state index in [-0.39, 0.29) is 11.6 Å². The summed E-state index contributed by atoms with van der Waals surface area (Å²) in [7, 11) is 0. The minimum atomic E-state index is -0.613. The normalized spacial score (nSPS) is 19.0. The van der Waals surface area contributed by atoms with Crippen LogP contribution in [0.1, 0.15) is 24.6 Å². The Morgan fingerprint density at radius 2 is 2.16 bits per heavy atom. The van der Waals surface area contributed by atoms with Gasteiger partial charge in [0.2, 0.25) is 0 Å². The van der Waals surface area contributed by atoms with Gasteiger partial charge in [0.15, 0.2) is 0 Å². The quantitative estimate of drug-likeness (QED) is 0.885. The summed E-state index contributed by atoms with van der Waals surface area (Å²) in [4.78, 5) is 0. The first-order valence-electron chi connectivity index (χ1n) is 6.09. The van der Waals surface area contributed by atoms with Crippen molar-refractivity contribution in [3.8, 4) is 11.3 Å². The SMILES string of the molecule is Fc1ccc(-c2n[nH]c(C3CCCN3)c2Br)c(F)c1. The van der Waals surface area contributed by atoms with E-state index in [0.717, 1.165) is 35.6 Å². The third-order valence-electron chi connectivity index (χ3n) is 3.33. The highest BCUT2D eigenvalue weighted by Crippen LogP contribution is 2.35. The molecule has 0 saturated carbocycles. The summed E-state index contributed by atoms with van der Waals surface area (Å²) in [5.74, 6) is -1.20. The first kappa shape index (κ1) is 12.7. The fourth-order valence-corrected chi connectivity index (χ4v) is 3.03. The molecule has 2 N–H and O–H groups in total. The monoisotopic (exact) mass is 327 g/mol. The summed E-state index contributed by atoms with van der Waals surface area (Å²) >= 11 is 3.46. The van der Waals surface area contributed by atoms with Crippen molar-refractivity contribution in [3.63, 3.8) is 0 Å². The maximum absolute atomic E-state index is 13.8. The van der Waals surface area contributed by atoms with Gasteiger partial charge in [0.1, 0.15) is 17.3 Å². The van der Waals surface area contributed by atoms with Gasteiger partial charge in [-0.05, 0) is 47.4 Å². The molecular formula is C13H12BrF2N3. The molecule has 0 aliphatic carbocycles. The minimum absolute atomic E-state index is 0.208. The Morgan fingerprint density at radius 3 is 2.84 bits per heavy atom. The van der Waals surface area contributed by atoms with Gasteiger partial charge in [0.05, 0.1) is 16.2 Å². The highest BCUT2D eigenvalue weighted by molar-refractivity contribution is 9.10. The number of H-pyrrole nitrogens is 1. The highest BCUT2D eigenvalue weighted by atomic mass is 79.9. The van der Waals surface area contributed by atoms with E-state index in [9.17, 15) is 8.78 Å². The summed E-state index contributed by atoms with van der Waals surface area (Å²) in [6.45, 7) is 0.969. The predicted octanol–water partition coefficient (Wildman–Crippen LogP) is 3.54. The molecule has 1 fully saturated rings. The Hall–Kier alpha value is -1.27. The molecule has 1 unspecified atom stereocenters.